The zero-order chi connectivity index (χ0) is 24.6. The minimum atomic E-state index is -1.45. The number of nitrogens with zero attached hydrogens (tertiary/aromatic N) is 1. The molecule has 1 fully saturated rings. The van der Waals surface area contributed by atoms with Crippen LogP contribution in [0.15, 0.2) is 72.8 Å². The molecule has 3 aromatic carbocycles. The second-order valence-corrected chi connectivity index (χ2v) is 8.91. The van der Waals surface area contributed by atoms with E-state index in [0.717, 1.165) is 11.1 Å². The summed E-state index contributed by atoms with van der Waals surface area (Å²) < 4.78 is 11.9. The summed E-state index contributed by atoms with van der Waals surface area (Å²) in [6, 6.07) is 20.8. The van der Waals surface area contributed by atoms with Crippen molar-refractivity contribution >= 4 is 11.6 Å². The molecule has 0 radical (unpaired) electrons. The van der Waals surface area contributed by atoms with Gasteiger partial charge in [0.15, 0.2) is 17.0 Å². The first-order valence-electron chi connectivity index (χ1n) is 11.7. The van der Waals surface area contributed by atoms with Crippen LogP contribution in [0.3, 0.4) is 0 Å². The van der Waals surface area contributed by atoms with E-state index in [-0.39, 0.29) is 11.0 Å². The van der Waals surface area contributed by atoms with E-state index in [4.69, 9.17) is 9.47 Å². The summed E-state index contributed by atoms with van der Waals surface area (Å²) in [6.45, 7) is 4.55. The van der Waals surface area contributed by atoms with Gasteiger partial charge >= 0.3 is 0 Å². The average molecular weight is 474 g/mol. The number of nitrogens with one attached hydrogen (secondary N) is 2. The van der Waals surface area contributed by atoms with Crippen molar-refractivity contribution in [2.75, 3.05) is 11.9 Å². The van der Waals surface area contributed by atoms with Gasteiger partial charge in [-0.05, 0) is 43.2 Å². The molecule has 3 aromatic rings. The molecular weight excluding hydrogens is 446 g/mol. The Hall–Kier alpha value is -3.91. The van der Waals surface area contributed by atoms with Crippen molar-refractivity contribution < 1.29 is 19.2 Å². The minimum Gasteiger partial charge on any atom is -0.490 e. The number of amides is 1. The van der Waals surface area contributed by atoms with E-state index in [1.54, 1.807) is 36.4 Å². The number of hydrogen-bond donors (Lipinski definition) is 2. The van der Waals surface area contributed by atoms with Gasteiger partial charge in [0.25, 0.3) is 11.9 Å². The van der Waals surface area contributed by atoms with Crippen LogP contribution in [-0.2, 0) is 16.9 Å². The maximum atomic E-state index is 13.2. The molecule has 2 aliphatic heterocycles. The Bertz CT molecular complexity index is 1260. The SMILES string of the molecule is CCOc1cc([C@@H]2[C@H](C)N[C@@]3(C(=O)Nc4ccccc43)[C@H]2[N+](=O)[O-])ccc1OCc1ccccc1. The Balaban J connectivity index is 1.52. The molecule has 0 unspecified atom stereocenters. The Morgan fingerprint density at radius 1 is 1.00 bits per heavy atom. The number of nitro groups is 1. The highest BCUT2D eigenvalue weighted by Crippen LogP contribution is 2.50. The smallest absolute Gasteiger partial charge is 0.256 e. The third-order valence-electron chi connectivity index (χ3n) is 6.85. The summed E-state index contributed by atoms with van der Waals surface area (Å²) in [5.74, 6) is 0.119. The Kier molecular flexibility index (Phi) is 5.90. The molecule has 0 bridgehead atoms. The van der Waals surface area contributed by atoms with Crippen LogP contribution in [0.5, 0.6) is 11.5 Å². The number of hydrogen-bond acceptors (Lipinski definition) is 6. The maximum Gasteiger partial charge on any atom is 0.256 e. The largest absolute Gasteiger partial charge is 0.490 e. The van der Waals surface area contributed by atoms with E-state index >= 15 is 0 Å². The second kappa shape index (κ2) is 9.03. The fourth-order valence-electron chi connectivity index (χ4n) is 5.41. The van der Waals surface area contributed by atoms with Crippen molar-refractivity contribution in [3.8, 4) is 11.5 Å². The average Bonchev–Trinajstić information content (AvgIpc) is 3.32. The molecule has 8 nitrogen and oxygen atoms in total. The van der Waals surface area contributed by atoms with Crippen LogP contribution in [0.2, 0.25) is 0 Å². The van der Waals surface area contributed by atoms with Crippen LogP contribution in [0, 0.1) is 10.1 Å². The van der Waals surface area contributed by atoms with Gasteiger partial charge in [-0.15, -0.1) is 0 Å². The molecule has 0 aliphatic carbocycles. The molecule has 35 heavy (non-hydrogen) atoms. The first-order chi connectivity index (χ1) is 17.0. The van der Waals surface area contributed by atoms with Crippen LogP contribution in [0.4, 0.5) is 5.69 Å². The Morgan fingerprint density at radius 3 is 2.49 bits per heavy atom. The zero-order valence-electron chi connectivity index (χ0n) is 19.6. The molecule has 2 aliphatic rings. The van der Waals surface area contributed by atoms with Gasteiger partial charge in [-0.3, -0.25) is 20.2 Å². The van der Waals surface area contributed by atoms with Crippen LogP contribution >= 0.6 is 0 Å². The quantitative estimate of drug-likeness (QED) is 0.393. The highest BCUT2D eigenvalue weighted by molar-refractivity contribution is 6.07. The van der Waals surface area contributed by atoms with Gasteiger partial charge in [0.2, 0.25) is 0 Å². The van der Waals surface area contributed by atoms with Gasteiger partial charge in [-0.25, -0.2) is 0 Å². The Morgan fingerprint density at radius 2 is 1.74 bits per heavy atom. The lowest BCUT2D eigenvalue weighted by molar-refractivity contribution is -0.532. The number of carbonyl (C=O) groups is 1. The number of benzene rings is 3. The van der Waals surface area contributed by atoms with Crippen LogP contribution < -0.4 is 20.1 Å². The predicted octanol–water partition coefficient (Wildman–Crippen LogP) is 4.23. The van der Waals surface area contributed by atoms with Gasteiger partial charge in [-0.2, -0.15) is 0 Å². The van der Waals surface area contributed by atoms with E-state index in [1.165, 1.54) is 0 Å². The van der Waals surface area contributed by atoms with Crippen molar-refractivity contribution in [1.82, 2.24) is 5.32 Å². The van der Waals surface area contributed by atoms with Crippen molar-refractivity contribution in [1.29, 1.82) is 0 Å². The number of carbonyl (C=O) groups excluding carboxylic acids is 1. The van der Waals surface area contributed by atoms with E-state index in [1.807, 2.05) is 50.2 Å². The summed E-state index contributed by atoms with van der Waals surface area (Å²) in [4.78, 5) is 25.4. The fraction of sp³-hybridized carbons (Fsp3) is 0.296. The predicted molar refractivity (Wildman–Crippen MR) is 131 cm³/mol. The topological polar surface area (TPSA) is 103 Å². The third kappa shape index (κ3) is 3.80. The van der Waals surface area contributed by atoms with Gasteiger partial charge in [-0.1, -0.05) is 54.6 Å². The van der Waals surface area contributed by atoms with Gasteiger partial charge in [0.05, 0.1) is 12.5 Å². The molecule has 2 N–H and O–H groups in total. The van der Waals surface area contributed by atoms with Crippen LogP contribution in [0.1, 0.15) is 36.5 Å². The summed E-state index contributed by atoms with van der Waals surface area (Å²) >= 11 is 0. The van der Waals surface area contributed by atoms with E-state index < -0.39 is 23.4 Å². The highest BCUT2D eigenvalue weighted by Gasteiger charge is 2.67. The monoisotopic (exact) mass is 473 g/mol. The molecule has 1 amide bonds. The molecule has 1 spiro atoms. The number of anilines is 1. The van der Waals surface area contributed by atoms with Gasteiger partial charge in [0.1, 0.15) is 6.61 Å². The van der Waals surface area contributed by atoms with Crippen LogP contribution in [-0.4, -0.2) is 29.5 Å². The summed E-state index contributed by atoms with van der Waals surface area (Å²) in [5, 5.41) is 18.6. The van der Waals surface area contributed by atoms with E-state index in [9.17, 15) is 14.9 Å². The molecule has 1 saturated heterocycles. The molecule has 0 saturated carbocycles. The van der Waals surface area contributed by atoms with Crippen molar-refractivity contribution in [2.24, 2.45) is 0 Å². The summed E-state index contributed by atoms with van der Waals surface area (Å²) in [6.07, 6.45) is 0. The molecule has 0 aromatic heterocycles. The Labute approximate surface area is 203 Å². The van der Waals surface area contributed by atoms with Crippen molar-refractivity contribution in [2.45, 2.75) is 44.0 Å². The number of ether oxygens (including phenoxy) is 2. The zero-order valence-corrected chi connectivity index (χ0v) is 19.6. The molecule has 4 atom stereocenters. The molecule has 2 heterocycles. The highest BCUT2D eigenvalue weighted by atomic mass is 16.6. The normalized spacial score (nSPS) is 24.7. The number of fused-ring (bicyclic) bond motifs is 2. The van der Waals surface area contributed by atoms with E-state index in [2.05, 4.69) is 10.6 Å². The van der Waals surface area contributed by atoms with Crippen molar-refractivity contribution in [3.05, 3.63) is 99.6 Å². The lowest BCUT2D eigenvalue weighted by Crippen LogP contribution is -2.54. The lowest BCUT2D eigenvalue weighted by Gasteiger charge is -2.25. The molecular formula is C27H27N3O5. The lowest BCUT2D eigenvalue weighted by atomic mass is 9.78. The standard InChI is InChI=1S/C27H27N3O5/c1-3-34-23-15-19(13-14-22(23)35-16-18-9-5-4-6-10-18)24-17(2)29-27(25(24)30(32)33)20-11-7-8-12-21(20)28-26(27)31/h4-15,17,24-25,29H,3,16H2,1-2H3,(H,28,31)/t17-,24-,25-,27+/m0/s1. The van der Waals surface area contributed by atoms with Gasteiger partial charge < -0.3 is 14.8 Å². The van der Waals surface area contributed by atoms with E-state index in [0.29, 0.717) is 36.0 Å². The summed E-state index contributed by atoms with van der Waals surface area (Å²) in [5.41, 5.74) is 1.50. The first kappa shape index (κ1) is 22.9. The molecule has 5 rings (SSSR count). The second-order valence-electron chi connectivity index (χ2n) is 8.91. The number of rotatable bonds is 7. The fourth-order valence-corrected chi connectivity index (χ4v) is 5.41. The van der Waals surface area contributed by atoms with Crippen molar-refractivity contribution in [3.63, 3.8) is 0 Å². The third-order valence-corrected chi connectivity index (χ3v) is 6.85. The maximum absolute atomic E-state index is 13.2. The van der Waals surface area contributed by atoms with Gasteiger partial charge in [0, 0.05) is 22.2 Å². The minimum absolute atomic E-state index is 0.330. The van der Waals surface area contributed by atoms with Crippen LogP contribution in [0.25, 0.3) is 0 Å². The first-order valence-corrected chi connectivity index (χ1v) is 11.7. The number of para-hydroxylation sites is 1. The summed E-state index contributed by atoms with van der Waals surface area (Å²) in [7, 11) is 0. The molecule has 8 heteroatoms. The molecule has 180 valence electrons.